The van der Waals surface area contributed by atoms with E-state index in [0.717, 1.165) is 5.56 Å². The molecule has 10 nitrogen and oxygen atoms in total. The van der Waals surface area contributed by atoms with E-state index in [1.807, 2.05) is 0 Å². The van der Waals surface area contributed by atoms with Crippen LogP contribution in [0, 0.1) is 5.82 Å². The molecule has 3 rings (SSSR count). The highest BCUT2D eigenvalue weighted by molar-refractivity contribution is 5.95. The van der Waals surface area contributed by atoms with Crippen LogP contribution in [0.25, 0.3) is 0 Å². The van der Waals surface area contributed by atoms with Gasteiger partial charge in [0.1, 0.15) is 11.6 Å². The molecule has 4 N–H and O–H groups in total. The fourth-order valence-electron chi connectivity index (χ4n) is 3.80. The Bertz CT molecular complexity index is 1070. The molecule has 0 spiro atoms. The van der Waals surface area contributed by atoms with Crippen LogP contribution < -0.4 is 16.2 Å². The number of nitrogens with zero attached hydrogens (tertiary/aromatic N) is 2. The van der Waals surface area contributed by atoms with Gasteiger partial charge in [0.15, 0.2) is 12.0 Å². The van der Waals surface area contributed by atoms with Crippen molar-refractivity contribution in [3.05, 3.63) is 57.0 Å². The number of aliphatic hydroxyl groups is 1. The fraction of sp³-hybridized carbons (Fsp3) is 0.478. The largest absolute Gasteiger partial charge is 0.501 e. The van der Waals surface area contributed by atoms with Gasteiger partial charge in [-0.25, -0.2) is 9.37 Å². The number of carbonyl (C=O) groups is 2. The summed E-state index contributed by atoms with van der Waals surface area (Å²) >= 11 is 0. The summed E-state index contributed by atoms with van der Waals surface area (Å²) in [6.45, 7) is 3.32. The Morgan fingerprint density at radius 1 is 1.32 bits per heavy atom. The second kappa shape index (κ2) is 12.4. The van der Waals surface area contributed by atoms with Crippen LogP contribution in [0.2, 0.25) is 0 Å². The Kier molecular flexibility index (Phi) is 9.84. The number of carbonyl (C=O) groups excluding carboxylic acids is 2. The molecule has 0 aliphatic carbocycles. The van der Waals surface area contributed by atoms with Crippen molar-refractivity contribution in [1.29, 1.82) is 0 Å². The van der Waals surface area contributed by atoms with Crippen LogP contribution >= 0.6 is 0 Å². The molecule has 34 heavy (non-hydrogen) atoms. The van der Waals surface area contributed by atoms with Crippen molar-refractivity contribution in [3.8, 4) is 5.75 Å². The minimum absolute atomic E-state index is 0.189. The van der Waals surface area contributed by atoms with Crippen LogP contribution in [0.4, 0.5) is 4.39 Å². The number of nitrogens with one attached hydrogen (secondary N) is 2. The van der Waals surface area contributed by atoms with Crippen LogP contribution in [0.15, 0.2) is 23.0 Å². The molecule has 1 fully saturated rings. The maximum Gasteiger partial charge on any atom is 0.296 e. The molecule has 0 bridgehead atoms. The lowest BCUT2D eigenvalue weighted by atomic mass is 9.79. The van der Waals surface area contributed by atoms with Gasteiger partial charge in [-0.2, -0.15) is 0 Å². The van der Waals surface area contributed by atoms with Gasteiger partial charge in [-0.3, -0.25) is 19.0 Å². The molecule has 186 valence electrons. The van der Waals surface area contributed by atoms with Gasteiger partial charge in [-0.05, 0) is 44.5 Å². The molecule has 0 unspecified atom stereocenters. The van der Waals surface area contributed by atoms with Gasteiger partial charge in [0.2, 0.25) is 5.75 Å². The number of aromatic hydroxyl groups is 1. The number of aldehydes is 1. The third-order valence-electron chi connectivity index (χ3n) is 5.74. The zero-order valence-electron chi connectivity index (χ0n) is 19.6. The molecule has 2 aromatic rings. The molecule has 0 radical (unpaired) electrons. The van der Waals surface area contributed by atoms with E-state index in [2.05, 4.69) is 15.6 Å². The normalized spacial score (nSPS) is 14.6. The van der Waals surface area contributed by atoms with Crippen LogP contribution in [0.1, 0.15) is 52.0 Å². The molecule has 1 aromatic heterocycles. The lowest BCUT2D eigenvalue weighted by Gasteiger charge is -2.36. The highest BCUT2D eigenvalue weighted by Gasteiger charge is 2.38. The predicted molar refractivity (Wildman–Crippen MR) is 123 cm³/mol. The summed E-state index contributed by atoms with van der Waals surface area (Å²) in [7, 11) is 3.30. The maximum atomic E-state index is 12.9. The quantitative estimate of drug-likeness (QED) is 0.427. The minimum atomic E-state index is -0.709. The average Bonchev–Trinajstić information content (AvgIpc) is 2.87. The molecular weight excluding hydrogens is 447 g/mol. The average molecular weight is 479 g/mol. The zero-order valence-corrected chi connectivity index (χ0v) is 19.6. The number of amides is 1. The number of rotatable bonds is 7. The molecule has 11 heteroatoms. The van der Waals surface area contributed by atoms with Crippen molar-refractivity contribution >= 4 is 12.2 Å². The van der Waals surface area contributed by atoms with Gasteiger partial charge in [0, 0.05) is 38.9 Å². The van der Waals surface area contributed by atoms with Gasteiger partial charge in [0.25, 0.3) is 11.5 Å². The van der Waals surface area contributed by atoms with E-state index in [4.69, 9.17) is 4.74 Å². The predicted octanol–water partition coefficient (Wildman–Crippen LogP) is 0.726. The lowest BCUT2D eigenvalue weighted by Crippen LogP contribution is -2.43. The van der Waals surface area contributed by atoms with Gasteiger partial charge in [0.05, 0.1) is 12.0 Å². The Balaban J connectivity index is 0.000000257. The Labute approximate surface area is 196 Å². The Hall–Kier alpha value is -3.15. The smallest absolute Gasteiger partial charge is 0.296 e. The Morgan fingerprint density at radius 3 is 2.53 bits per heavy atom. The van der Waals surface area contributed by atoms with Crippen LogP contribution in [-0.4, -0.2) is 65.9 Å². The lowest BCUT2D eigenvalue weighted by molar-refractivity contribution is 0.0194. The van der Waals surface area contributed by atoms with E-state index in [1.165, 1.54) is 23.7 Å². The summed E-state index contributed by atoms with van der Waals surface area (Å²) in [6.07, 6.45) is 1.38. The summed E-state index contributed by atoms with van der Waals surface area (Å²) in [5, 5.41) is 24.8. The molecule has 1 amide bonds. The summed E-state index contributed by atoms with van der Waals surface area (Å²) in [5.74, 6) is -0.973. The van der Waals surface area contributed by atoms with Crippen molar-refractivity contribution in [3.63, 3.8) is 0 Å². The van der Waals surface area contributed by atoms with Crippen molar-refractivity contribution in [2.24, 2.45) is 0 Å². The van der Waals surface area contributed by atoms with Crippen molar-refractivity contribution < 1.29 is 28.9 Å². The minimum Gasteiger partial charge on any atom is -0.501 e. The second-order valence-corrected chi connectivity index (χ2v) is 7.80. The van der Waals surface area contributed by atoms with Gasteiger partial charge in [-0.1, -0.05) is 6.07 Å². The maximum absolute atomic E-state index is 12.9. The third-order valence-corrected chi connectivity index (χ3v) is 5.74. The highest BCUT2D eigenvalue weighted by Crippen LogP contribution is 2.33. The van der Waals surface area contributed by atoms with Gasteiger partial charge < -0.3 is 25.6 Å². The zero-order chi connectivity index (χ0) is 25.3. The number of benzene rings is 1. The summed E-state index contributed by atoms with van der Waals surface area (Å²) < 4.78 is 19.5. The molecule has 1 saturated heterocycles. The molecule has 1 aliphatic rings. The highest BCUT2D eigenvalue weighted by atomic mass is 19.1. The molecule has 0 saturated carbocycles. The van der Waals surface area contributed by atoms with Crippen molar-refractivity contribution in [1.82, 2.24) is 20.2 Å². The van der Waals surface area contributed by atoms with E-state index in [-0.39, 0.29) is 18.2 Å². The number of ether oxygens (including phenoxy) is 1. The van der Waals surface area contributed by atoms with Crippen LogP contribution in [0.3, 0.4) is 0 Å². The molecule has 1 aromatic carbocycles. The Morgan fingerprint density at radius 2 is 2.00 bits per heavy atom. The van der Waals surface area contributed by atoms with E-state index < -0.39 is 22.5 Å². The summed E-state index contributed by atoms with van der Waals surface area (Å²) in [4.78, 5) is 38.5. The summed E-state index contributed by atoms with van der Waals surface area (Å²) in [6, 6.07) is 4.20. The van der Waals surface area contributed by atoms with Gasteiger partial charge in [-0.15, -0.1) is 0 Å². The molecule has 1 aliphatic heterocycles. The fourth-order valence-corrected chi connectivity index (χ4v) is 3.80. The first-order chi connectivity index (χ1) is 16.3. The number of aromatic nitrogens is 2. The van der Waals surface area contributed by atoms with E-state index >= 15 is 0 Å². The van der Waals surface area contributed by atoms with E-state index in [1.54, 1.807) is 20.0 Å². The van der Waals surface area contributed by atoms with Crippen molar-refractivity contribution in [2.45, 2.75) is 38.3 Å². The van der Waals surface area contributed by atoms with E-state index in [9.17, 15) is 29.0 Å². The monoisotopic (exact) mass is 478 g/mol. The third kappa shape index (κ3) is 5.85. The SMILES string of the molecule is CCn1c(C2(CO)CCOCC2)nc(C=O)c(O)c1=O.CNCc1ccc(F)cc1C(=O)NC. The number of halogens is 1. The number of aliphatic hydroxyl groups excluding tert-OH is 1. The first kappa shape index (κ1) is 27.1. The molecule has 2 heterocycles. The van der Waals surface area contributed by atoms with Gasteiger partial charge >= 0.3 is 0 Å². The number of hydrogen-bond acceptors (Lipinski definition) is 8. The van der Waals surface area contributed by atoms with E-state index in [0.29, 0.717) is 56.8 Å². The summed E-state index contributed by atoms with van der Waals surface area (Å²) in [5.41, 5.74) is -0.484. The number of hydrogen-bond donors (Lipinski definition) is 4. The first-order valence-electron chi connectivity index (χ1n) is 10.9. The van der Waals surface area contributed by atoms with Crippen LogP contribution in [0.5, 0.6) is 5.75 Å². The first-order valence-corrected chi connectivity index (χ1v) is 10.9. The standard InChI is InChI=1S/C13H18N2O5.C10H13FN2O/c1-2-15-11(19)10(18)9(7-16)14-12(15)13(8-17)3-5-20-6-4-13;1-12-6-7-3-4-8(11)5-9(7)10(14)13-2/h7,17-18H,2-6,8H2,1H3;3-5,12H,6H2,1-2H3,(H,13,14). The van der Waals surface area contributed by atoms with Crippen LogP contribution in [-0.2, 0) is 23.2 Å². The van der Waals surface area contributed by atoms with Crippen molar-refractivity contribution in [2.75, 3.05) is 33.9 Å². The topological polar surface area (TPSA) is 143 Å². The second-order valence-electron chi connectivity index (χ2n) is 7.80. The molecular formula is C23H31FN4O6. The molecule has 0 atom stereocenters.